The first-order chi connectivity index (χ1) is 9.63. The largest absolute Gasteiger partial charge is 0.481 e. The number of hydrogen-bond donors (Lipinski definition) is 2. The van der Waals surface area contributed by atoms with Gasteiger partial charge in [-0.05, 0) is 24.5 Å². The fraction of sp³-hybridized carbons (Fsp3) is 0.467. The lowest BCUT2D eigenvalue weighted by atomic mass is 9.90. The first-order valence-corrected chi connectivity index (χ1v) is 6.90. The van der Waals surface area contributed by atoms with Crippen LogP contribution in [0, 0.1) is 0 Å². The highest BCUT2D eigenvalue weighted by atomic mass is 16.4. The van der Waals surface area contributed by atoms with Gasteiger partial charge in [0.1, 0.15) is 0 Å². The van der Waals surface area contributed by atoms with Gasteiger partial charge in [-0.15, -0.1) is 0 Å². The van der Waals surface area contributed by atoms with E-state index in [4.69, 9.17) is 0 Å². The third kappa shape index (κ3) is 3.10. The van der Waals surface area contributed by atoms with Crippen LogP contribution in [-0.4, -0.2) is 37.1 Å². The van der Waals surface area contributed by atoms with Crippen molar-refractivity contribution in [1.29, 1.82) is 0 Å². The van der Waals surface area contributed by atoms with Gasteiger partial charge < -0.3 is 15.3 Å². The molecule has 0 aromatic heterocycles. The van der Waals surface area contributed by atoms with E-state index in [2.05, 4.69) is 10.2 Å². The van der Waals surface area contributed by atoms with Gasteiger partial charge in [-0.25, -0.2) is 0 Å². The zero-order valence-electron chi connectivity index (χ0n) is 11.6. The lowest BCUT2D eigenvalue weighted by Crippen LogP contribution is -2.34. The van der Waals surface area contributed by atoms with Crippen LogP contribution < -0.4 is 10.2 Å². The van der Waals surface area contributed by atoms with Crippen LogP contribution in [0.15, 0.2) is 24.3 Å². The second-order valence-electron chi connectivity index (χ2n) is 5.00. The summed E-state index contributed by atoms with van der Waals surface area (Å²) in [5.74, 6) is -1.14. The molecule has 108 valence electrons. The fourth-order valence-corrected chi connectivity index (χ4v) is 2.68. The molecule has 1 atom stereocenters. The van der Waals surface area contributed by atoms with E-state index in [1.54, 1.807) is 7.05 Å². The number of anilines is 1. The van der Waals surface area contributed by atoms with Gasteiger partial charge in [0.25, 0.3) is 0 Å². The molecule has 1 amide bonds. The van der Waals surface area contributed by atoms with E-state index in [0.717, 1.165) is 30.8 Å². The topological polar surface area (TPSA) is 69.6 Å². The number of carbonyl (C=O) groups is 2. The van der Waals surface area contributed by atoms with E-state index in [-0.39, 0.29) is 5.91 Å². The van der Waals surface area contributed by atoms with Gasteiger partial charge in [0.15, 0.2) is 0 Å². The lowest BCUT2D eigenvalue weighted by Gasteiger charge is -2.34. The van der Waals surface area contributed by atoms with Crippen LogP contribution in [-0.2, 0) is 9.59 Å². The van der Waals surface area contributed by atoms with Crippen molar-refractivity contribution in [3.63, 3.8) is 0 Å². The second-order valence-corrected chi connectivity index (χ2v) is 5.00. The standard InChI is InChI=1S/C15H20N2O3/c1-16-14(18)7-4-9-17-10-8-12(15(19)20)11-5-2-3-6-13(11)17/h2-3,5-6,12H,4,7-10H2,1H3,(H,16,18)(H,19,20). The molecule has 2 N–H and O–H groups in total. The van der Waals surface area contributed by atoms with Crippen LogP contribution in [0.5, 0.6) is 0 Å². The Bertz CT molecular complexity index is 502. The van der Waals surface area contributed by atoms with E-state index in [1.165, 1.54) is 0 Å². The Morgan fingerprint density at radius 1 is 1.40 bits per heavy atom. The molecule has 1 aliphatic heterocycles. The van der Waals surface area contributed by atoms with Gasteiger partial charge in [0, 0.05) is 32.2 Å². The Kier molecular flexibility index (Phi) is 4.61. The summed E-state index contributed by atoms with van der Waals surface area (Å²) in [4.78, 5) is 24.7. The molecule has 0 fully saturated rings. The molecule has 0 saturated carbocycles. The minimum absolute atomic E-state index is 0.0405. The summed E-state index contributed by atoms with van der Waals surface area (Å²) < 4.78 is 0. The molecule has 1 aromatic rings. The number of carbonyl (C=O) groups excluding carboxylic acids is 1. The Balaban J connectivity index is 2.07. The molecule has 0 spiro atoms. The Hall–Kier alpha value is -2.04. The smallest absolute Gasteiger partial charge is 0.311 e. The van der Waals surface area contributed by atoms with Crippen molar-refractivity contribution >= 4 is 17.6 Å². The van der Waals surface area contributed by atoms with Crippen molar-refractivity contribution in [1.82, 2.24) is 5.32 Å². The maximum Gasteiger partial charge on any atom is 0.311 e. The molecule has 5 nitrogen and oxygen atoms in total. The molecular formula is C15H20N2O3. The number of amides is 1. The van der Waals surface area contributed by atoms with Gasteiger partial charge in [-0.3, -0.25) is 9.59 Å². The number of aliphatic carboxylic acids is 1. The minimum atomic E-state index is -0.762. The van der Waals surface area contributed by atoms with E-state index >= 15 is 0 Å². The monoisotopic (exact) mass is 276 g/mol. The number of fused-ring (bicyclic) bond motifs is 1. The van der Waals surface area contributed by atoms with Crippen LogP contribution in [0.3, 0.4) is 0 Å². The van der Waals surface area contributed by atoms with Crippen molar-refractivity contribution < 1.29 is 14.7 Å². The number of rotatable bonds is 5. The average Bonchev–Trinajstić information content (AvgIpc) is 2.46. The number of benzene rings is 1. The number of carboxylic acids is 1. The first-order valence-electron chi connectivity index (χ1n) is 6.90. The molecule has 1 unspecified atom stereocenters. The summed E-state index contributed by atoms with van der Waals surface area (Å²) in [5.41, 5.74) is 1.87. The van der Waals surface area contributed by atoms with Crippen molar-refractivity contribution in [2.75, 3.05) is 25.0 Å². The quantitative estimate of drug-likeness (QED) is 0.857. The summed E-state index contributed by atoms with van der Waals surface area (Å²) in [7, 11) is 1.63. The second kappa shape index (κ2) is 6.41. The van der Waals surface area contributed by atoms with Crippen LogP contribution in [0.4, 0.5) is 5.69 Å². The van der Waals surface area contributed by atoms with Gasteiger partial charge in [-0.2, -0.15) is 0 Å². The molecule has 5 heteroatoms. The van der Waals surface area contributed by atoms with Crippen LogP contribution in [0.1, 0.15) is 30.7 Å². The highest BCUT2D eigenvalue weighted by molar-refractivity contribution is 5.80. The van der Waals surface area contributed by atoms with Crippen molar-refractivity contribution in [2.24, 2.45) is 0 Å². The molecule has 0 aliphatic carbocycles. The predicted molar refractivity (Wildman–Crippen MR) is 76.9 cm³/mol. The first kappa shape index (κ1) is 14.4. The number of hydrogen-bond acceptors (Lipinski definition) is 3. The molecule has 20 heavy (non-hydrogen) atoms. The van der Waals surface area contributed by atoms with Gasteiger partial charge >= 0.3 is 5.97 Å². The zero-order valence-corrected chi connectivity index (χ0v) is 11.6. The SMILES string of the molecule is CNC(=O)CCCN1CCC(C(=O)O)c2ccccc21. The predicted octanol–water partition coefficient (Wildman–Crippen LogP) is 1.59. The summed E-state index contributed by atoms with van der Waals surface area (Å²) in [6, 6.07) is 7.65. The molecule has 0 saturated heterocycles. The number of para-hydroxylation sites is 1. The summed E-state index contributed by atoms with van der Waals surface area (Å²) in [5, 5.41) is 11.9. The van der Waals surface area contributed by atoms with E-state index < -0.39 is 11.9 Å². The summed E-state index contributed by atoms with van der Waals surface area (Å²) in [6.45, 7) is 1.50. The molecule has 1 aliphatic rings. The summed E-state index contributed by atoms with van der Waals surface area (Å²) in [6.07, 6.45) is 1.88. The molecule has 0 radical (unpaired) electrons. The normalized spacial score (nSPS) is 17.4. The van der Waals surface area contributed by atoms with E-state index in [9.17, 15) is 14.7 Å². The third-order valence-electron chi connectivity index (χ3n) is 3.75. The number of nitrogens with zero attached hydrogens (tertiary/aromatic N) is 1. The Labute approximate surface area is 118 Å². The lowest BCUT2D eigenvalue weighted by molar-refractivity contribution is -0.139. The number of carboxylic acid groups (broad SMARTS) is 1. The summed E-state index contributed by atoms with van der Waals surface area (Å²) >= 11 is 0. The third-order valence-corrected chi connectivity index (χ3v) is 3.75. The van der Waals surface area contributed by atoms with Crippen LogP contribution in [0.2, 0.25) is 0 Å². The molecule has 1 heterocycles. The van der Waals surface area contributed by atoms with E-state index in [1.807, 2.05) is 24.3 Å². The highest BCUT2D eigenvalue weighted by Crippen LogP contribution is 2.35. The molecule has 0 bridgehead atoms. The molecular weight excluding hydrogens is 256 g/mol. The van der Waals surface area contributed by atoms with Crippen LogP contribution in [0.25, 0.3) is 0 Å². The highest BCUT2D eigenvalue weighted by Gasteiger charge is 2.29. The fourth-order valence-electron chi connectivity index (χ4n) is 2.68. The van der Waals surface area contributed by atoms with Gasteiger partial charge in [0.2, 0.25) is 5.91 Å². The average molecular weight is 276 g/mol. The zero-order chi connectivity index (χ0) is 14.5. The van der Waals surface area contributed by atoms with Crippen molar-refractivity contribution in [2.45, 2.75) is 25.2 Å². The van der Waals surface area contributed by atoms with Crippen molar-refractivity contribution in [3.8, 4) is 0 Å². The minimum Gasteiger partial charge on any atom is -0.481 e. The molecule has 1 aromatic carbocycles. The maximum absolute atomic E-state index is 11.3. The van der Waals surface area contributed by atoms with Crippen molar-refractivity contribution in [3.05, 3.63) is 29.8 Å². The Morgan fingerprint density at radius 3 is 2.85 bits per heavy atom. The maximum atomic E-state index is 11.3. The Morgan fingerprint density at radius 2 is 2.15 bits per heavy atom. The van der Waals surface area contributed by atoms with Gasteiger partial charge in [0.05, 0.1) is 5.92 Å². The van der Waals surface area contributed by atoms with Gasteiger partial charge in [-0.1, -0.05) is 18.2 Å². The van der Waals surface area contributed by atoms with Crippen LogP contribution >= 0.6 is 0 Å². The van der Waals surface area contributed by atoms with E-state index in [0.29, 0.717) is 12.8 Å². The number of nitrogens with one attached hydrogen (secondary N) is 1. The molecule has 2 rings (SSSR count).